The molecule has 24 heavy (non-hydrogen) atoms. The molecule has 0 saturated carbocycles. The van der Waals surface area contributed by atoms with Crippen LogP contribution in [0.3, 0.4) is 0 Å². The molecule has 1 heterocycles. The van der Waals surface area contributed by atoms with Crippen LogP contribution in [0.4, 0.5) is 4.39 Å². The van der Waals surface area contributed by atoms with Crippen molar-refractivity contribution in [3.63, 3.8) is 0 Å². The Morgan fingerprint density at radius 1 is 0.833 bits per heavy atom. The third kappa shape index (κ3) is 4.93. The quantitative estimate of drug-likeness (QED) is 0.391. The van der Waals surface area contributed by atoms with Crippen LogP contribution in [0.1, 0.15) is 59.3 Å². The van der Waals surface area contributed by atoms with E-state index in [1.165, 1.54) is 55.5 Å². The molecule has 0 aliphatic rings. The molecule has 2 rings (SSSR count). The van der Waals surface area contributed by atoms with E-state index in [4.69, 9.17) is 4.98 Å². The van der Waals surface area contributed by atoms with E-state index >= 15 is 0 Å². The van der Waals surface area contributed by atoms with Crippen molar-refractivity contribution in [3.8, 4) is 0 Å². The van der Waals surface area contributed by atoms with Crippen molar-refractivity contribution in [2.24, 2.45) is 0 Å². The minimum absolute atomic E-state index is 0.172. The van der Waals surface area contributed by atoms with Gasteiger partial charge in [-0.1, -0.05) is 0 Å². The molecule has 3 heteroatoms. The first-order valence-electron chi connectivity index (χ1n) is 9.72. The van der Waals surface area contributed by atoms with E-state index in [2.05, 4.69) is 32.9 Å². The summed E-state index contributed by atoms with van der Waals surface area (Å²) in [4.78, 5) is 5.07. The molecule has 2 aromatic rings. The zero-order valence-corrected chi connectivity index (χ0v) is 18.4. The Kier molecular flexibility index (Phi) is 7.99. The summed E-state index contributed by atoms with van der Waals surface area (Å²) in [7, 11) is 0. The van der Waals surface area contributed by atoms with E-state index < -0.39 is 18.4 Å². The third-order valence-corrected chi connectivity index (χ3v) is 20.3. The summed E-state index contributed by atoms with van der Waals surface area (Å²) >= 11 is -2.47. The Hall–Kier alpha value is -0.641. The molecule has 1 nitrogen and oxygen atoms in total. The first-order valence-corrected chi connectivity index (χ1v) is 17.2. The van der Waals surface area contributed by atoms with Crippen molar-refractivity contribution in [1.82, 2.24) is 4.98 Å². The molecule has 1 aromatic carbocycles. The Morgan fingerprint density at radius 2 is 1.42 bits per heavy atom. The summed E-state index contributed by atoms with van der Waals surface area (Å²) in [6.07, 6.45) is 7.84. The zero-order valence-electron chi connectivity index (χ0n) is 15.6. The average Bonchev–Trinajstić information content (AvgIpc) is 2.61. The molecule has 1 aromatic heterocycles. The number of unbranched alkanes of at least 4 members (excludes halogenated alkanes) is 3. The zero-order chi connectivity index (χ0) is 17.4. The van der Waals surface area contributed by atoms with E-state index in [9.17, 15) is 4.39 Å². The SMILES string of the molecule is CCC[CH2][Sn]([CH2]CCC)([CH2]CCC)[c]1ccc2cc(F)ccc2n1. The molecule has 0 fully saturated rings. The van der Waals surface area contributed by atoms with Gasteiger partial charge in [-0.25, -0.2) is 0 Å². The molecule has 0 aliphatic carbocycles. The van der Waals surface area contributed by atoms with E-state index in [0.717, 1.165) is 10.9 Å². The maximum atomic E-state index is 13.5. The van der Waals surface area contributed by atoms with Gasteiger partial charge in [0, 0.05) is 0 Å². The number of aromatic nitrogens is 1. The first kappa shape index (κ1) is 19.7. The van der Waals surface area contributed by atoms with Gasteiger partial charge >= 0.3 is 151 Å². The molecule has 0 aliphatic heterocycles. The van der Waals surface area contributed by atoms with Gasteiger partial charge in [0.05, 0.1) is 0 Å². The van der Waals surface area contributed by atoms with Crippen molar-refractivity contribution < 1.29 is 4.39 Å². The predicted octanol–water partition coefficient (Wildman–Crippen LogP) is 6.43. The molecule has 0 spiro atoms. The first-order chi connectivity index (χ1) is 11.6. The van der Waals surface area contributed by atoms with Gasteiger partial charge in [0.1, 0.15) is 0 Å². The van der Waals surface area contributed by atoms with Gasteiger partial charge in [-0.2, -0.15) is 0 Å². The molecule has 132 valence electrons. The second-order valence-corrected chi connectivity index (χ2v) is 20.2. The maximum absolute atomic E-state index is 13.5. The van der Waals surface area contributed by atoms with Gasteiger partial charge in [0.25, 0.3) is 0 Å². The van der Waals surface area contributed by atoms with Crippen LogP contribution >= 0.6 is 0 Å². The minimum atomic E-state index is -2.47. The number of hydrogen-bond acceptors (Lipinski definition) is 1. The monoisotopic (exact) mass is 437 g/mol. The summed E-state index contributed by atoms with van der Waals surface area (Å²) in [6.45, 7) is 6.90. The van der Waals surface area contributed by atoms with Gasteiger partial charge < -0.3 is 0 Å². The van der Waals surface area contributed by atoms with Crippen LogP contribution in [0.5, 0.6) is 0 Å². The van der Waals surface area contributed by atoms with Crippen LogP contribution < -0.4 is 3.71 Å². The van der Waals surface area contributed by atoms with Crippen LogP contribution in [0.2, 0.25) is 13.3 Å². The predicted molar refractivity (Wildman–Crippen MR) is 106 cm³/mol. The molecule has 0 N–H and O–H groups in total. The number of rotatable bonds is 10. The average molecular weight is 436 g/mol. The van der Waals surface area contributed by atoms with Crippen LogP contribution in [-0.4, -0.2) is 23.4 Å². The summed E-state index contributed by atoms with van der Waals surface area (Å²) in [5.41, 5.74) is 0.972. The number of fused-ring (bicyclic) bond motifs is 1. The van der Waals surface area contributed by atoms with Crippen molar-refractivity contribution in [2.45, 2.75) is 72.6 Å². The summed E-state index contributed by atoms with van der Waals surface area (Å²) < 4.78 is 19.2. The van der Waals surface area contributed by atoms with Crippen LogP contribution in [0.25, 0.3) is 10.9 Å². The molecule has 0 bridgehead atoms. The van der Waals surface area contributed by atoms with Crippen LogP contribution in [0.15, 0.2) is 30.3 Å². The van der Waals surface area contributed by atoms with Crippen molar-refractivity contribution in [1.29, 1.82) is 0 Å². The molecule has 0 radical (unpaired) electrons. The standard InChI is InChI=1S/C9H5FN.3C4H9.Sn/c10-8-3-4-9-7(6-8)2-1-5-11-9;3*1-3-4-2;/h1-4,6H;3*1,3-4H2,2H3;. The number of pyridine rings is 1. The molecule has 0 saturated heterocycles. The topological polar surface area (TPSA) is 12.9 Å². The number of halogens is 1. The summed E-state index contributed by atoms with van der Waals surface area (Å²) in [6, 6.07) is 9.35. The molecule has 0 unspecified atom stereocenters. The van der Waals surface area contributed by atoms with Gasteiger partial charge in [-0.15, -0.1) is 0 Å². The Labute approximate surface area is 150 Å². The fourth-order valence-corrected chi connectivity index (χ4v) is 19.1. The van der Waals surface area contributed by atoms with E-state index in [1.54, 1.807) is 12.1 Å². The second kappa shape index (κ2) is 9.74. The number of benzene rings is 1. The van der Waals surface area contributed by atoms with Gasteiger partial charge in [-0.05, 0) is 0 Å². The molecular formula is C21H32FNSn. The molecular weight excluding hydrogens is 404 g/mol. The van der Waals surface area contributed by atoms with E-state index in [0.29, 0.717) is 0 Å². The van der Waals surface area contributed by atoms with Crippen molar-refractivity contribution in [3.05, 3.63) is 36.1 Å². The number of hydrogen-bond donors (Lipinski definition) is 0. The van der Waals surface area contributed by atoms with Gasteiger partial charge in [-0.3, -0.25) is 0 Å². The van der Waals surface area contributed by atoms with Crippen LogP contribution in [-0.2, 0) is 0 Å². The summed E-state index contributed by atoms with van der Waals surface area (Å²) in [5.74, 6) is -0.172. The number of nitrogens with zero attached hydrogens (tertiary/aromatic N) is 1. The molecule has 0 atom stereocenters. The van der Waals surface area contributed by atoms with E-state index in [1.807, 2.05) is 6.07 Å². The van der Waals surface area contributed by atoms with E-state index in [-0.39, 0.29) is 5.82 Å². The Bertz CT molecular complexity index is 619. The van der Waals surface area contributed by atoms with Gasteiger partial charge in [0.15, 0.2) is 0 Å². The fraction of sp³-hybridized carbons (Fsp3) is 0.571. The normalized spacial score (nSPS) is 12.0. The van der Waals surface area contributed by atoms with Crippen molar-refractivity contribution >= 4 is 33.0 Å². The van der Waals surface area contributed by atoms with Crippen molar-refractivity contribution in [2.75, 3.05) is 0 Å². The van der Waals surface area contributed by atoms with Gasteiger partial charge in [0.2, 0.25) is 0 Å². The fourth-order valence-electron chi connectivity index (χ4n) is 3.70. The molecule has 0 amide bonds. The third-order valence-electron chi connectivity index (χ3n) is 5.22. The Balaban J connectivity index is 2.43. The Morgan fingerprint density at radius 3 is 1.96 bits per heavy atom. The van der Waals surface area contributed by atoms with Crippen LogP contribution in [0, 0.1) is 5.82 Å². The summed E-state index contributed by atoms with van der Waals surface area (Å²) in [5, 5.41) is 0.931. The second-order valence-electron chi connectivity index (χ2n) is 7.12.